The zero-order valence-electron chi connectivity index (χ0n) is 18.6. The predicted octanol–water partition coefficient (Wildman–Crippen LogP) is 1.43. The quantitative estimate of drug-likeness (QED) is 0.497. The lowest BCUT2D eigenvalue weighted by molar-refractivity contribution is -0.136. The van der Waals surface area contributed by atoms with E-state index >= 15 is 0 Å². The number of benzene rings is 2. The number of aromatic nitrogens is 2. The van der Waals surface area contributed by atoms with Crippen molar-refractivity contribution in [2.24, 2.45) is 0 Å². The molecule has 1 unspecified atom stereocenters. The molecule has 2 aliphatic heterocycles. The molecule has 3 heterocycles. The SMILES string of the molecule is O=C1CCC(N2C(=O)c3ccc(OCC(=O)Nc4cc(F)ccc4-n4cccn4)cc3C2=O)C(=O)N1. The average molecular weight is 491 g/mol. The van der Waals surface area contributed by atoms with Crippen molar-refractivity contribution >= 4 is 35.2 Å². The first-order valence-corrected chi connectivity index (χ1v) is 10.9. The molecule has 2 aliphatic rings. The van der Waals surface area contributed by atoms with Gasteiger partial charge in [-0.05, 0) is 48.9 Å². The minimum atomic E-state index is -1.08. The van der Waals surface area contributed by atoms with Gasteiger partial charge in [0, 0.05) is 18.8 Å². The van der Waals surface area contributed by atoms with E-state index in [1.165, 1.54) is 35.0 Å². The van der Waals surface area contributed by atoms with E-state index in [9.17, 15) is 28.4 Å². The Morgan fingerprint density at radius 1 is 1.11 bits per heavy atom. The van der Waals surface area contributed by atoms with Crippen LogP contribution in [-0.2, 0) is 14.4 Å². The number of hydrogen-bond donors (Lipinski definition) is 2. The molecule has 36 heavy (non-hydrogen) atoms. The van der Waals surface area contributed by atoms with E-state index in [-0.39, 0.29) is 35.4 Å². The summed E-state index contributed by atoms with van der Waals surface area (Å²) in [6.45, 7) is -0.465. The average Bonchev–Trinajstić information content (AvgIpc) is 3.46. The monoisotopic (exact) mass is 491 g/mol. The maximum Gasteiger partial charge on any atom is 0.262 e. The Labute approximate surface area is 202 Å². The number of ether oxygens (including phenoxy) is 1. The normalized spacial score (nSPS) is 17.1. The second kappa shape index (κ2) is 9.06. The molecule has 5 rings (SSSR count). The van der Waals surface area contributed by atoms with Crippen LogP contribution in [0.3, 0.4) is 0 Å². The highest BCUT2D eigenvalue weighted by Crippen LogP contribution is 2.30. The standard InChI is InChI=1S/C24H18FN5O6/c25-13-2-5-18(29-9-1-8-26-29)17(10-13)27-21(32)12-36-14-3-4-15-16(11-14)24(35)30(23(15)34)19-6-7-20(31)28-22(19)33/h1-5,8-11,19H,6-7,12H2,(H,27,32)(H,28,31,33). The number of nitrogens with zero attached hydrogens (tertiary/aromatic N) is 3. The van der Waals surface area contributed by atoms with Crippen molar-refractivity contribution in [2.45, 2.75) is 18.9 Å². The number of carbonyl (C=O) groups is 5. The summed E-state index contributed by atoms with van der Waals surface area (Å²) >= 11 is 0. The summed E-state index contributed by atoms with van der Waals surface area (Å²) in [6.07, 6.45) is 3.24. The van der Waals surface area contributed by atoms with Gasteiger partial charge in [0.05, 0.1) is 22.5 Å². The fourth-order valence-electron chi connectivity index (χ4n) is 4.09. The molecule has 0 radical (unpaired) electrons. The number of fused-ring (bicyclic) bond motifs is 1. The zero-order valence-corrected chi connectivity index (χ0v) is 18.6. The summed E-state index contributed by atoms with van der Waals surface area (Å²) < 4.78 is 20.7. The number of rotatable bonds is 6. The molecule has 5 amide bonds. The Morgan fingerprint density at radius 3 is 2.67 bits per heavy atom. The fourth-order valence-corrected chi connectivity index (χ4v) is 4.09. The van der Waals surface area contributed by atoms with Crippen LogP contribution in [0.15, 0.2) is 54.9 Å². The lowest BCUT2D eigenvalue weighted by atomic mass is 10.0. The van der Waals surface area contributed by atoms with Crippen LogP contribution in [0.2, 0.25) is 0 Å². The molecule has 2 N–H and O–H groups in total. The minimum absolute atomic E-state index is 0.0146. The highest BCUT2D eigenvalue weighted by atomic mass is 19.1. The molecule has 182 valence electrons. The summed E-state index contributed by atoms with van der Waals surface area (Å²) in [5.74, 6) is -3.51. The van der Waals surface area contributed by atoms with Crippen LogP contribution in [0.1, 0.15) is 33.6 Å². The highest BCUT2D eigenvalue weighted by molar-refractivity contribution is 6.23. The van der Waals surface area contributed by atoms with Gasteiger partial charge in [-0.2, -0.15) is 5.10 Å². The van der Waals surface area contributed by atoms with Crippen molar-refractivity contribution in [3.63, 3.8) is 0 Å². The van der Waals surface area contributed by atoms with E-state index in [4.69, 9.17) is 4.74 Å². The van der Waals surface area contributed by atoms with Crippen molar-refractivity contribution < 1.29 is 33.1 Å². The van der Waals surface area contributed by atoms with Crippen LogP contribution < -0.4 is 15.4 Å². The Kier molecular flexibility index (Phi) is 5.76. The van der Waals surface area contributed by atoms with Crippen LogP contribution in [0.5, 0.6) is 5.75 Å². The van der Waals surface area contributed by atoms with Gasteiger partial charge in [-0.15, -0.1) is 0 Å². The number of hydrogen-bond acceptors (Lipinski definition) is 7. The number of amides is 5. The Hall–Kier alpha value is -4.87. The number of imide groups is 2. The summed E-state index contributed by atoms with van der Waals surface area (Å²) in [5, 5.41) is 8.78. The molecule has 1 fully saturated rings. The van der Waals surface area contributed by atoms with Crippen molar-refractivity contribution in [1.82, 2.24) is 20.0 Å². The van der Waals surface area contributed by atoms with Gasteiger partial charge in [0.2, 0.25) is 11.8 Å². The van der Waals surface area contributed by atoms with Crippen LogP contribution in [0.25, 0.3) is 5.69 Å². The molecule has 12 heteroatoms. The third kappa shape index (κ3) is 4.19. The number of anilines is 1. The molecule has 0 bridgehead atoms. The van der Waals surface area contributed by atoms with Gasteiger partial charge in [0.25, 0.3) is 17.7 Å². The van der Waals surface area contributed by atoms with Gasteiger partial charge in [-0.3, -0.25) is 34.2 Å². The van der Waals surface area contributed by atoms with Gasteiger partial charge in [-0.1, -0.05) is 0 Å². The zero-order chi connectivity index (χ0) is 25.4. The van der Waals surface area contributed by atoms with E-state index in [0.29, 0.717) is 5.69 Å². The molecule has 3 aromatic rings. The molecule has 1 saturated heterocycles. The Bertz CT molecular complexity index is 1420. The maximum atomic E-state index is 13.8. The summed E-state index contributed by atoms with van der Waals surface area (Å²) in [5.41, 5.74) is 0.741. The predicted molar refractivity (Wildman–Crippen MR) is 121 cm³/mol. The second-order valence-electron chi connectivity index (χ2n) is 8.10. The van der Waals surface area contributed by atoms with Gasteiger partial charge in [0.15, 0.2) is 6.61 Å². The van der Waals surface area contributed by atoms with Gasteiger partial charge in [-0.25, -0.2) is 9.07 Å². The van der Waals surface area contributed by atoms with E-state index in [2.05, 4.69) is 15.7 Å². The topological polar surface area (TPSA) is 140 Å². The van der Waals surface area contributed by atoms with E-state index < -0.39 is 48.0 Å². The Morgan fingerprint density at radius 2 is 1.92 bits per heavy atom. The third-order valence-corrected chi connectivity index (χ3v) is 5.77. The molecule has 11 nitrogen and oxygen atoms in total. The molecule has 1 aromatic heterocycles. The van der Waals surface area contributed by atoms with Crippen LogP contribution >= 0.6 is 0 Å². The maximum absolute atomic E-state index is 13.8. The first-order valence-electron chi connectivity index (χ1n) is 10.9. The van der Waals surface area contributed by atoms with Crippen LogP contribution in [0, 0.1) is 5.82 Å². The van der Waals surface area contributed by atoms with E-state index in [1.54, 1.807) is 18.5 Å². The number of piperidine rings is 1. The van der Waals surface area contributed by atoms with Crippen LogP contribution in [0.4, 0.5) is 10.1 Å². The number of halogens is 1. The molecular formula is C24H18FN5O6. The lowest BCUT2D eigenvalue weighted by Gasteiger charge is -2.27. The summed E-state index contributed by atoms with van der Waals surface area (Å²) in [6, 6.07) is 8.56. The van der Waals surface area contributed by atoms with Crippen molar-refractivity contribution in [2.75, 3.05) is 11.9 Å². The smallest absolute Gasteiger partial charge is 0.262 e. The molecule has 0 spiro atoms. The second-order valence-corrected chi connectivity index (χ2v) is 8.10. The first-order chi connectivity index (χ1) is 17.3. The van der Waals surface area contributed by atoms with Crippen molar-refractivity contribution in [3.05, 3.63) is 71.8 Å². The molecule has 0 aliphatic carbocycles. The highest BCUT2D eigenvalue weighted by Gasteiger charge is 2.44. The van der Waals surface area contributed by atoms with Gasteiger partial charge >= 0.3 is 0 Å². The van der Waals surface area contributed by atoms with E-state index in [1.807, 2.05) is 0 Å². The fraction of sp³-hybridized carbons (Fsp3) is 0.167. The largest absolute Gasteiger partial charge is 0.484 e. The molecule has 0 saturated carbocycles. The van der Waals surface area contributed by atoms with Gasteiger partial charge in [0.1, 0.15) is 17.6 Å². The minimum Gasteiger partial charge on any atom is -0.484 e. The first kappa shape index (κ1) is 22.9. The number of carbonyl (C=O) groups excluding carboxylic acids is 5. The third-order valence-electron chi connectivity index (χ3n) is 5.77. The Balaban J connectivity index is 1.27. The molecular weight excluding hydrogens is 473 g/mol. The van der Waals surface area contributed by atoms with Gasteiger partial charge < -0.3 is 10.1 Å². The molecule has 2 aromatic carbocycles. The van der Waals surface area contributed by atoms with E-state index in [0.717, 1.165) is 11.0 Å². The van der Waals surface area contributed by atoms with Crippen LogP contribution in [-0.4, -0.2) is 56.9 Å². The number of nitrogens with one attached hydrogen (secondary N) is 2. The van der Waals surface area contributed by atoms with Crippen molar-refractivity contribution in [1.29, 1.82) is 0 Å². The summed E-state index contributed by atoms with van der Waals surface area (Å²) in [4.78, 5) is 62.6. The van der Waals surface area contributed by atoms with Crippen molar-refractivity contribution in [3.8, 4) is 11.4 Å². The summed E-state index contributed by atoms with van der Waals surface area (Å²) in [7, 11) is 0. The molecule has 1 atom stereocenters. The lowest BCUT2D eigenvalue weighted by Crippen LogP contribution is -2.54.